The molecule has 0 aliphatic carbocycles. The summed E-state index contributed by atoms with van der Waals surface area (Å²) in [4.78, 5) is 0. The van der Waals surface area contributed by atoms with Gasteiger partial charge in [-0.05, 0) is 42.3 Å². The summed E-state index contributed by atoms with van der Waals surface area (Å²) in [5.74, 6) is 0.194. The van der Waals surface area contributed by atoms with Gasteiger partial charge >= 0.3 is 0 Å². The van der Waals surface area contributed by atoms with Crippen LogP contribution < -0.4 is 10.1 Å². The average Bonchev–Trinajstić information content (AvgIpc) is 2.43. The molecule has 2 rings (SSSR count). The number of nitrogens with one attached hydrogen (secondary N) is 1. The molecule has 2 aromatic rings. The molecule has 2 aromatic carbocycles. The van der Waals surface area contributed by atoms with Gasteiger partial charge in [0.15, 0.2) is 11.6 Å². The van der Waals surface area contributed by atoms with Crippen molar-refractivity contribution in [2.75, 3.05) is 0 Å². The van der Waals surface area contributed by atoms with Gasteiger partial charge in [-0.15, -0.1) is 0 Å². The molecule has 0 fully saturated rings. The Hall–Kier alpha value is -1.58. The zero-order valence-corrected chi connectivity index (χ0v) is 13.2. The molecule has 2 nitrogen and oxygen atoms in total. The zero-order valence-electron chi connectivity index (χ0n) is 12.4. The zero-order chi connectivity index (χ0) is 15.4. The van der Waals surface area contributed by atoms with Crippen molar-refractivity contribution >= 4 is 11.6 Å². The van der Waals surface area contributed by atoms with Crippen LogP contribution >= 0.6 is 11.6 Å². The molecule has 0 unspecified atom stereocenters. The molecule has 0 radical (unpaired) electrons. The van der Waals surface area contributed by atoms with Gasteiger partial charge in [0.05, 0.1) is 5.02 Å². The van der Waals surface area contributed by atoms with Crippen LogP contribution in [0.1, 0.15) is 25.0 Å². The second-order valence-electron chi connectivity index (χ2n) is 5.28. The monoisotopic (exact) mass is 307 g/mol. The van der Waals surface area contributed by atoms with Gasteiger partial charge in [0.1, 0.15) is 5.75 Å². The van der Waals surface area contributed by atoms with Crippen molar-refractivity contribution in [3.8, 4) is 11.5 Å². The van der Waals surface area contributed by atoms with E-state index in [1.807, 2.05) is 25.1 Å². The van der Waals surface area contributed by atoms with E-state index in [0.717, 1.165) is 12.1 Å². The molecule has 0 bridgehead atoms. The molecule has 0 amide bonds. The Morgan fingerprint density at radius 2 is 2.00 bits per heavy atom. The Bertz CT molecular complexity index is 628. The number of halogens is 2. The number of aryl methyl sites for hydroxylation is 1. The van der Waals surface area contributed by atoms with Crippen molar-refractivity contribution in [1.29, 1.82) is 0 Å². The molecule has 0 saturated heterocycles. The van der Waals surface area contributed by atoms with Gasteiger partial charge in [-0.1, -0.05) is 37.6 Å². The number of benzene rings is 2. The van der Waals surface area contributed by atoms with Crippen molar-refractivity contribution in [2.45, 2.75) is 33.4 Å². The first-order valence-corrected chi connectivity index (χ1v) is 7.30. The highest BCUT2D eigenvalue weighted by atomic mass is 35.5. The Kier molecular flexibility index (Phi) is 5.21. The third-order valence-corrected chi connectivity index (χ3v) is 3.45. The second kappa shape index (κ2) is 6.92. The summed E-state index contributed by atoms with van der Waals surface area (Å²) in [7, 11) is 0. The molecule has 0 saturated carbocycles. The molecule has 21 heavy (non-hydrogen) atoms. The molecule has 0 aliphatic heterocycles. The summed E-state index contributed by atoms with van der Waals surface area (Å²) in [5, 5.41) is 3.43. The summed E-state index contributed by atoms with van der Waals surface area (Å²) < 4.78 is 19.4. The first-order valence-electron chi connectivity index (χ1n) is 6.92. The number of ether oxygens (including phenoxy) is 1. The molecule has 0 aliphatic rings. The van der Waals surface area contributed by atoms with Crippen molar-refractivity contribution in [3.05, 3.63) is 58.4 Å². The Labute approximate surface area is 129 Å². The lowest BCUT2D eigenvalue weighted by atomic mass is 10.1. The van der Waals surface area contributed by atoms with Crippen LogP contribution in [-0.4, -0.2) is 6.04 Å². The second-order valence-corrected chi connectivity index (χ2v) is 5.69. The van der Waals surface area contributed by atoms with Crippen molar-refractivity contribution < 1.29 is 9.13 Å². The maximum Gasteiger partial charge on any atom is 0.184 e. The van der Waals surface area contributed by atoms with Gasteiger partial charge in [-0.3, -0.25) is 0 Å². The van der Waals surface area contributed by atoms with Crippen LogP contribution in [0.2, 0.25) is 5.02 Å². The van der Waals surface area contributed by atoms with Gasteiger partial charge in [0.2, 0.25) is 0 Å². The first-order chi connectivity index (χ1) is 9.97. The molecular weight excluding hydrogens is 289 g/mol. The smallest absolute Gasteiger partial charge is 0.184 e. The predicted octanol–water partition coefficient (Wildman–Crippen LogP) is 5.08. The lowest BCUT2D eigenvalue weighted by Crippen LogP contribution is -2.22. The van der Waals surface area contributed by atoms with Gasteiger partial charge in [0.25, 0.3) is 0 Å². The van der Waals surface area contributed by atoms with Crippen LogP contribution in [0.15, 0.2) is 36.4 Å². The van der Waals surface area contributed by atoms with Crippen molar-refractivity contribution in [3.63, 3.8) is 0 Å². The third kappa shape index (κ3) is 4.19. The van der Waals surface area contributed by atoms with Gasteiger partial charge < -0.3 is 10.1 Å². The third-order valence-electron chi connectivity index (χ3n) is 3.16. The molecule has 0 atom stereocenters. The maximum atomic E-state index is 13.8. The van der Waals surface area contributed by atoms with Crippen LogP contribution in [0.4, 0.5) is 4.39 Å². The van der Waals surface area contributed by atoms with Gasteiger partial charge in [0, 0.05) is 12.6 Å². The molecule has 1 N–H and O–H groups in total. The Morgan fingerprint density at radius 3 is 2.67 bits per heavy atom. The van der Waals surface area contributed by atoms with Gasteiger partial charge in [-0.2, -0.15) is 0 Å². The fraction of sp³-hybridized carbons (Fsp3) is 0.294. The minimum absolute atomic E-state index is 0.0574. The molecule has 0 aromatic heterocycles. The van der Waals surface area contributed by atoms with Crippen molar-refractivity contribution in [2.24, 2.45) is 0 Å². The number of hydrogen-bond acceptors (Lipinski definition) is 2. The number of rotatable bonds is 5. The summed E-state index contributed by atoms with van der Waals surface area (Å²) in [5.41, 5.74) is 2.30. The van der Waals surface area contributed by atoms with E-state index in [9.17, 15) is 4.39 Å². The van der Waals surface area contributed by atoms with Crippen LogP contribution in [0.5, 0.6) is 11.5 Å². The van der Waals surface area contributed by atoms with Crippen LogP contribution in [0.25, 0.3) is 0 Å². The maximum absolute atomic E-state index is 13.8. The van der Waals surface area contributed by atoms with Crippen LogP contribution in [0.3, 0.4) is 0 Å². The van der Waals surface area contributed by atoms with Crippen molar-refractivity contribution in [1.82, 2.24) is 5.32 Å². The highest BCUT2D eigenvalue weighted by molar-refractivity contribution is 6.30. The molecule has 0 heterocycles. The first kappa shape index (κ1) is 15.8. The molecule has 0 spiro atoms. The van der Waals surface area contributed by atoms with E-state index in [2.05, 4.69) is 19.2 Å². The van der Waals surface area contributed by atoms with Crippen LogP contribution in [-0.2, 0) is 6.54 Å². The molecule has 112 valence electrons. The van der Waals surface area contributed by atoms with E-state index in [4.69, 9.17) is 16.3 Å². The molecular formula is C17H19ClFNO. The fourth-order valence-electron chi connectivity index (χ4n) is 1.93. The lowest BCUT2D eigenvalue weighted by molar-refractivity contribution is 0.442. The summed E-state index contributed by atoms with van der Waals surface area (Å²) >= 11 is 5.74. The Balaban J connectivity index is 2.15. The normalized spacial score (nSPS) is 11.0. The number of hydrogen-bond donors (Lipinski definition) is 1. The highest BCUT2D eigenvalue weighted by Crippen LogP contribution is 2.29. The summed E-state index contributed by atoms with van der Waals surface area (Å²) in [6.07, 6.45) is 0. The van der Waals surface area contributed by atoms with Crippen LogP contribution in [0, 0.1) is 12.7 Å². The average molecular weight is 308 g/mol. The standard InChI is InChI=1S/C17H19ClFNO/c1-11(2)20-10-13-7-8-14(9-12(13)3)21-16-6-4-5-15(18)17(16)19/h4-9,11,20H,10H2,1-3H3. The summed E-state index contributed by atoms with van der Waals surface area (Å²) in [6.45, 7) is 7.03. The largest absolute Gasteiger partial charge is 0.454 e. The van der Waals surface area contributed by atoms with E-state index < -0.39 is 5.82 Å². The minimum Gasteiger partial charge on any atom is -0.454 e. The SMILES string of the molecule is Cc1cc(Oc2cccc(Cl)c2F)ccc1CNC(C)C. The Morgan fingerprint density at radius 1 is 1.24 bits per heavy atom. The molecule has 4 heteroatoms. The van der Waals surface area contributed by atoms with E-state index in [-0.39, 0.29) is 10.8 Å². The predicted molar refractivity (Wildman–Crippen MR) is 84.6 cm³/mol. The topological polar surface area (TPSA) is 21.3 Å². The fourth-order valence-corrected chi connectivity index (χ4v) is 2.10. The van der Waals surface area contributed by atoms with Gasteiger partial charge in [-0.25, -0.2) is 4.39 Å². The lowest BCUT2D eigenvalue weighted by Gasteiger charge is -2.13. The minimum atomic E-state index is -0.539. The highest BCUT2D eigenvalue weighted by Gasteiger charge is 2.09. The van der Waals surface area contributed by atoms with E-state index in [1.165, 1.54) is 11.6 Å². The van der Waals surface area contributed by atoms with E-state index in [1.54, 1.807) is 12.1 Å². The van der Waals surface area contributed by atoms with E-state index in [0.29, 0.717) is 11.8 Å². The summed E-state index contributed by atoms with van der Waals surface area (Å²) in [6, 6.07) is 10.9. The van der Waals surface area contributed by atoms with E-state index >= 15 is 0 Å². The quantitative estimate of drug-likeness (QED) is 0.832.